The van der Waals surface area contributed by atoms with Gasteiger partial charge in [0.05, 0.1) is 15.1 Å². The molecule has 0 amide bonds. The van der Waals surface area contributed by atoms with E-state index in [0.29, 0.717) is 17.2 Å². The van der Waals surface area contributed by atoms with Crippen LogP contribution in [0.3, 0.4) is 0 Å². The van der Waals surface area contributed by atoms with E-state index in [-0.39, 0.29) is 5.69 Å². The number of halogens is 1. The maximum absolute atomic E-state index is 10.9. The van der Waals surface area contributed by atoms with Crippen molar-refractivity contribution >= 4 is 27.4 Å². The summed E-state index contributed by atoms with van der Waals surface area (Å²) >= 11 is 3.49. The summed E-state index contributed by atoms with van der Waals surface area (Å²) in [4.78, 5) is 19.4. The van der Waals surface area contributed by atoms with E-state index in [4.69, 9.17) is 0 Å². The smallest absolute Gasteiger partial charge is 0.270 e. The zero-order valence-electron chi connectivity index (χ0n) is 11.8. The number of nitro groups is 1. The zero-order chi connectivity index (χ0) is 15.4. The Balaban J connectivity index is 2.55. The Morgan fingerprint density at radius 2 is 2.14 bits per heavy atom. The van der Waals surface area contributed by atoms with Crippen LogP contribution in [0.4, 0.5) is 11.5 Å². The summed E-state index contributed by atoms with van der Waals surface area (Å²) in [6, 6.07) is 6.34. The second-order valence-electron chi connectivity index (χ2n) is 4.46. The Morgan fingerprint density at radius 3 is 2.76 bits per heavy atom. The van der Waals surface area contributed by atoms with Gasteiger partial charge in [-0.25, -0.2) is 9.97 Å². The molecule has 2 rings (SSSR count). The second-order valence-corrected chi connectivity index (χ2v) is 5.26. The number of nitrogens with zero attached hydrogens (tertiary/aromatic N) is 3. The maximum atomic E-state index is 10.9. The van der Waals surface area contributed by atoms with E-state index in [2.05, 4.69) is 38.1 Å². The van der Waals surface area contributed by atoms with Crippen molar-refractivity contribution in [3.8, 4) is 11.4 Å². The molecule has 110 valence electrons. The highest BCUT2D eigenvalue weighted by Gasteiger charge is 2.14. The van der Waals surface area contributed by atoms with Crippen LogP contribution >= 0.6 is 15.9 Å². The summed E-state index contributed by atoms with van der Waals surface area (Å²) in [6.45, 7) is 2.07. The van der Waals surface area contributed by atoms with Gasteiger partial charge < -0.3 is 5.32 Å². The van der Waals surface area contributed by atoms with Crippen LogP contribution in [0, 0.1) is 10.1 Å². The lowest BCUT2D eigenvalue weighted by molar-refractivity contribution is -0.384. The van der Waals surface area contributed by atoms with Crippen LogP contribution in [0.25, 0.3) is 11.4 Å². The van der Waals surface area contributed by atoms with Gasteiger partial charge in [0.15, 0.2) is 5.82 Å². The first-order valence-corrected chi connectivity index (χ1v) is 7.35. The van der Waals surface area contributed by atoms with Crippen molar-refractivity contribution in [2.75, 3.05) is 12.4 Å². The number of benzene rings is 1. The summed E-state index contributed by atoms with van der Waals surface area (Å²) in [5, 5.41) is 13.9. The molecule has 0 unspecified atom stereocenters. The van der Waals surface area contributed by atoms with E-state index in [9.17, 15) is 10.1 Å². The Labute approximate surface area is 130 Å². The minimum atomic E-state index is -0.422. The fraction of sp³-hybridized carbons (Fsp3) is 0.286. The normalized spacial score (nSPS) is 10.4. The molecule has 7 heteroatoms. The molecule has 6 nitrogen and oxygen atoms in total. The highest BCUT2D eigenvalue weighted by Crippen LogP contribution is 2.29. The minimum absolute atomic E-state index is 0.0297. The molecule has 0 saturated carbocycles. The first-order chi connectivity index (χ1) is 10.1. The largest absolute Gasteiger partial charge is 0.372 e. The highest BCUT2D eigenvalue weighted by atomic mass is 79.9. The number of hydrogen-bond acceptors (Lipinski definition) is 5. The molecule has 0 saturated heterocycles. The molecule has 0 aliphatic carbocycles. The van der Waals surface area contributed by atoms with Crippen LogP contribution in [-0.4, -0.2) is 21.9 Å². The molecule has 1 aromatic heterocycles. The van der Waals surface area contributed by atoms with E-state index in [1.807, 2.05) is 0 Å². The lowest BCUT2D eigenvalue weighted by Crippen LogP contribution is -2.03. The standard InChI is InChI=1S/C14H15BrN4O2/c1-3-5-11-12(15)14(16-2)18-13(17-11)9-6-4-7-10(8-9)19(20)21/h4,6-8H,3,5H2,1-2H3,(H,16,17,18). The quantitative estimate of drug-likeness (QED) is 0.654. The van der Waals surface area contributed by atoms with Crippen molar-refractivity contribution in [2.45, 2.75) is 19.8 Å². The fourth-order valence-electron chi connectivity index (χ4n) is 1.95. The topological polar surface area (TPSA) is 81.0 Å². The van der Waals surface area contributed by atoms with Crippen molar-refractivity contribution < 1.29 is 4.92 Å². The van der Waals surface area contributed by atoms with Crippen LogP contribution in [0.2, 0.25) is 0 Å². The molecule has 0 aliphatic heterocycles. The molecular formula is C14H15BrN4O2. The lowest BCUT2D eigenvalue weighted by atomic mass is 10.1. The highest BCUT2D eigenvalue weighted by molar-refractivity contribution is 9.10. The van der Waals surface area contributed by atoms with Crippen LogP contribution in [0.15, 0.2) is 28.7 Å². The van der Waals surface area contributed by atoms with E-state index in [1.54, 1.807) is 19.2 Å². The first-order valence-electron chi connectivity index (χ1n) is 6.55. The predicted molar refractivity (Wildman–Crippen MR) is 85.4 cm³/mol. The van der Waals surface area contributed by atoms with Crippen molar-refractivity contribution in [2.24, 2.45) is 0 Å². The molecule has 0 bridgehead atoms. The third-order valence-electron chi connectivity index (χ3n) is 2.96. The van der Waals surface area contributed by atoms with Crippen molar-refractivity contribution in [1.82, 2.24) is 9.97 Å². The number of aryl methyl sites for hydroxylation is 1. The van der Waals surface area contributed by atoms with Gasteiger partial charge in [-0.1, -0.05) is 25.5 Å². The summed E-state index contributed by atoms with van der Waals surface area (Å²) in [6.07, 6.45) is 1.76. The van der Waals surface area contributed by atoms with E-state index >= 15 is 0 Å². The average Bonchev–Trinajstić information content (AvgIpc) is 2.49. The van der Waals surface area contributed by atoms with E-state index < -0.39 is 4.92 Å². The minimum Gasteiger partial charge on any atom is -0.372 e. The van der Waals surface area contributed by atoms with Gasteiger partial charge in [0.2, 0.25) is 0 Å². The molecular weight excluding hydrogens is 336 g/mol. The molecule has 2 aromatic rings. The molecule has 0 aliphatic rings. The van der Waals surface area contributed by atoms with Crippen LogP contribution < -0.4 is 5.32 Å². The summed E-state index contributed by atoms with van der Waals surface area (Å²) < 4.78 is 0.834. The number of hydrogen-bond donors (Lipinski definition) is 1. The van der Waals surface area contributed by atoms with Crippen LogP contribution in [-0.2, 0) is 6.42 Å². The number of nitrogens with one attached hydrogen (secondary N) is 1. The molecule has 21 heavy (non-hydrogen) atoms. The summed E-state index contributed by atoms with van der Waals surface area (Å²) in [5.41, 5.74) is 1.55. The van der Waals surface area contributed by atoms with Gasteiger partial charge in [0, 0.05) is 24.7 Å². The Morgan fingerprint density at radius 1 is 1.38 bits per heavy atom. The predicted octanol–water partition coefficient (Wildman–Crippen LogP) is 3.81. The van der Waals surface area contributed by atoms with Gasteiger partial charge in [-0.05, 0) is 22.4 Å². The second kappa shape index (κ2) is 6.62. The van der Waals surface area contributed by atoms with Gasteiger partial charge in [-0.2, -0.15) is 0 Å². The Bertz CT molecular complexity index is 676. The number of aromatic nitrogens is 2. The third kappa shape index (κ3) is 3.36. The molecule has 0 radical (unpaired) electrons. The molecule has 1 aromatic carbocycles. The van der Waals surface area contributed by atoms with E-state index in [1.165, 1.54) is 12.1 Å². The molecule has 1 N–H and O–H groups in total. The fourth-order valence-corrected chi connectivity index (χ4v) is 2.52. The monoisotopic (exact) mass is 350 g/mol. The number of rotatable bonds is 5. The Kier molecular flexibility index (Phi) is 4.85. The number of non-ortho nitro benzene ring substituents is 1. The van der Waals surface area contributed by atoms with Crippen LogP contribution in [0.5, 0.6) is 0 Å². The SMILES string of the molecule is CCCc1nc(-c2cccc([N+](=O)[O-])c2)nc(NC)c1Br. The summed E-state index contributed by atoms with van der Waals surface area (Å²) in [7, 11) is 1.78. The average molecular weight is 351 g/mol. The molecule has 0 atom stereocenters. The number of nitro benzene ring substituents is 1. The lowest BCUT2D eigenvalue weighted by Gasteiger charge is -2.10. The van der Waals surface area contributed by atoms with Gasteiger partial charge >= 0.3 is 0 Å². The van der Waals surface area contributed by atoms with Gasteiger partial charge in [0.1, 0.15) is 5.82 Å². The third-order valence-corrected chi connectivity index (χ3v) is 3.79. The molecule has 1 heterocycles. The zero-order valence-corrected chi connectivity index (χ0v) is 13.3. The Hall–Kier alpha value is -2.02. The van der Waals surface area contributed by atoms with Crippen molar-refractivity contribution in [3.05, 3.63) is 44.5 Å². The van der Waals surface area contributed by atoms with Crippen molar-refractivity contribution in [1.29, 1.82) is 0 Å². The van der Waals surface area contributed by atoms with Gasteiger partial charge in [-0.3, -0.25) is 10.1 Å². The van der Waals surface area contributed by atoms with Gasteiger partial charge in [0.25, 0.3) is 5.69 Å². The summed E-state index contributed by atoms with van der Waals surface area (Å²) in [5.74, 6) is 1.16. The van der Waals surface area contributed by atoms with E-state index in [0.717, 1.165) is 23.0 Å². The van der Waals surface area contributed by atoms with Crippen LogP contribution in [0.1, 0.15) is 19.0 Å². The molecule has 0 spiro atoms. The first kappa shape index (κ1) is 15.4. The number of anilines is 1. The van der Waals surface area contributed by atoms with Gasteiger partial charge in [-0.15, -0.1) is 0 Å². The van der Waals surface area contributed by atoms with Crippen molar-refractivity contribution in [3.63, 3.8) is 0 Å². The maximum Gasteiger partial charge on any atom is 0.270 e. The molecule has 0 fully saturated rings.